The number of nitrogens with zero attached hydrogens (tertiary/aromatic N) is 7. The van der Waals surface area contributed by atoms with Gasteiger partial charge in [0.1, 0.15) is 5.69 Å². The van der Waals surface area contributed by atoms with Crippen LogP contribution in [0.1, 0.15) is 31.0 Å². The lowest BCUT2D eigenvalue weighted by Gasteiger charge is -2.09. The van der Waals surface area contributed by atoms with Gasteiger partial charge in [-0.2, -0.15) is 13.2 Å². The van der Waals surface area contributed by atoms with E-state index in [2.05, 4.69) is 37.4 Å². The molecule has 0 amide bonds. The smallest absolute Gasteiger partial charge is 0.413 e. The van der Waals surface area contributed by atoms with E-state index in [0.29, 0.717) is 5.69 Å². The second-order valence-corrected chi connectivity index (χ2v) is 6.48. The number of benzene rings is 1. The van der Waals surface area contributed by atoms with Crippen LogP contribution in [-0.2, 0) is 12.6 Å². The molecule has 0 saturated heterocycles. The Balaban J connectivity index is 1.57. The summed E-state index contributed by atoms with van der Waals surface area (Å²) in [5.41, 5.74) is 0.381. The predicted molar refractivity (Wildman–Crippen MR) is 99.3 cm³/mol. The molecule has 154 valence electrons. The monoisotopic (exact) mass is 415 g/mol. The van der Waals surface area contributed by atoms with Gasteiger partial charge in [0.25, 0.3) is 5.89 Å². The van der Waals surface area contributed by atoms with E-state index in [1.54, 1.807) is 10.9 Å². The van der Waals surface area contributed by atoms with Crippen molar-refractivity contribution < 1.29 is 17.6 Å². The molecule has 0 aliphatic heterocycles. The molecular weight excluding hydrogens is 399 g/mol. The van der Waals surface area contributed by atoms with Crippen molar-refractivity contribution >= 4 is 0 Å². The van der Waals surface area contributed by atoms with Gasteiger partial charge in [-0.25, -0.2) is 14.6 Å². The minimum Gasteiger partial charge on any atom is -0.413 e. The van der Waals surface area contributed by atoms with Crippen LogP contribution in [0, 0.1) is 0 Å². The van der Waals surface area contributed by atoms with Crippen LogP contribution < -0.4 is 0 Å². The number of aromatic nitrogens is 7. The van der Waals surface area contributed by atoms with Crippen molar-refractivity contribution in [3.8, 4) is 28.9 Å². The summed E-state index contributed by atoms with van der Waals surface area (Å²) < 4.78 is 46.6. The highest BCUT2D eigenvalue weighted by Gasteiger charge is 2.34. The average molecular weight is 415 g/mol. The highest BCUT2D eigenvalue weighted by atomic mass is 19.4. The van der Waals surface area contributed by atoms with Gasteiger partial charge in [-0.3, -0.25) is 0 Å². The van der Waals surface area contributed by atoms with Crippen LogP contribution in [0.3, 0.4) is 0 Å². The minimum atomic E-state index is -4.54. The second-order valence-electron chi connectivity index (χ2n) is 6.48. The fourth-order valence-electron chi connectivity index (χ4n) is 2.79. The van der Waals surface area contributed by atoms with Gasteiger partial charge >= 0.3 is 6.18 Å². The molecule has 4 aromatic rings. The molecule has 3 heterocycles. The molecule has 4 rings (SSSR count). The molecule has 0 fully saturated rings. The second kappa shape index (κ2) is 8.01. The van der Waals surface area contributed by atoms with Crippen molar-refractivity contribution in [1.82, 2.24) is 35.2 Å². The summed E-state index contributed by atoms with van der Waals surface area (Å²) in [6, 6.07) is 4.98. The first kappa shape index (κ1) is 19.7. The third-order valence-electron chi connectivity index (χ3n) is 4.31. The van der Waals surface area contributed by atoms with Gasteiger partial charge in [0.05, 0.1) is 35.4 Å². The molecule has 3 aromatic heterocycles. The molecule has 0 radical (unpaired) electrons. The van der Waals surface area contributed by atoms with E-state index in [0.717, 1.165) is 31.0 Å². The first-order valence-electron chi connectivity index (χ1n) is 9.20. The number of alkyl halides is 3. The standard InChI is InChI=1S/C19H16F3N7O/c1-2-3-6-12-11-29(28-25-12)13-9-23-16(24-10-13)18-27-26-17(30-18)14-7-4-5-8-15(14)19(20,21)22/h4-5,7-11H,2-3,6H2,1H3. The lowest BCUT2D eigenvalue weighted by atomic mass is 10.1. The molecule has 0 saturated carbocycles. The summed E-state index contributed by atoms with van der Waals surface area (Å²) in [5, 5.41) is 15.7. The van der Waals surface area contributed by atoms with Crippen molar-refractivity contribution in [1.29, 1.82) is 0 Å². The summed E-state index contributed by atoms with van der Waals surface area (Å²) in [5.74, 6) is -0.258. The van der Waals surface area contributed by atoms with E-state index in [1.165, 1.54) is 30.6 Å². The van der Waals surface area contributed by atoms with Crippen LogP contribution in [0.2, 0.25) is 0 Å². The Morgan fingerprint density at radius 3 is 2.47 bits per heavy atom. The highest BCUT2D eigenvalue weighted by Crippen LogP contribution is 2.36. The van der Waals surface area contributed by atoms with E-state index in [1.807, 2.05) is 0 Å². The fraction of sp³-hybridized carbons (Fsp3) is 0.263. The van der Waals surface area contributed by atoms with Gasteiger partial charge in [-0.15, -0.1) is 15.3 Å². The number of unbranched alkanes of at least 4 members (excludes halogenated alkanes) is 1. The van der Waals surface area contributed by atoms with Gasteiger partial charge < -0.3 is 4.42 Å². The zero-order valence-corrected chi connectivity index (χ0v) is 15.8. The third kappa shape index (κ3) is 4.04. The van der Waals surface area contributed by atoms with Gasteiger partial charge in [0.15, 0.2) is 0 Å². The molecule has 0 aliphatic rings. The molecule has 30 heavy (non-hydrogen) atoms. The van der Waals surface area contributed by atoms with Crippen molar-refractivity contribution in [2.45, 2.75) is 32.4 Å². The van der Waals surface area contributed by atoms with Gasteiger partial charge in [0, 0.05) is 0 Å². The largest absolute Gasteiger partial charge is 0.417 e. The van der Waals surface area contributed by atoms with E-state index < -0.39 is 11.7 Å². The predicted octanol–water partition coefficient (Wildman–Crippen LogP) is 4.14. The van der Waals surface area contributed by atoms with Gasteiger partial charge in [0.2, 0.25) is 11.7 Å². The number of hydrogen-bond donors (Lipinski definition) is 0. The van der Waals surface area contributed by atoms with Crippen molar-refractivity contribution in [3.63, 3.8) is 0 Å². The molecule has 0 spiro atoms. The van der Waals surface area contributed by atoms with Crippen LogP contribution in [0.15, 0.2) is 47.3 Å². The van der Waals surface area contributed by atoms with Crippen LogP contribution in [0.4, 0.5) is 13.2 Å². The van der Waals surface area contributed by atoms with E-state index in [-0.39, 0.29) is 23.2 Å². The number of aryl methyl sites for hydroxylation is 1. The molecule has 0 aliphatic carbocycles. The SMILES string of the molecule is CCCCc1cn(-c2cnc(-c3nnc(-c4ccccc4C(F)(F)F)o3)nc2)nn1. The fourth-order valence-corrected chi connectivity index (χ4v) is 2.79. The number of halogens is 3. The summed E-state index contributed by atoms with van der Waals surface area (Å²) in [4.78, 5) is 8.31. The summed E-state index contributed by atoms with van der Waals surface area (Å²) >= 11 is 0. The Kier molecular flexibility index (Phi) is 5.25. The highest BCUT2D eigenvalue weighted by molar-refractivity contribution is 5.60. The number of hydrogen-bond acceptors (Lipinski definition) is 7. The van der Waals surface area contributed by atoms with E-state index in [4.69, 9.17) is 4.42 Å². The van der Waals surface area contributed by atoms with Gasteiger partial charge in [-0.05, 0) is 25.0 Å². The molecule has 0 bridgehead atoms. The van der Waals surface area contributed by atoms with Crippen LogP contribution in [-0.4, -0.2) is 35.2 Å². The van der Waals surface area contributed by atoms with Crippen LogP contribution in [0.25, 0.3) is 28.9 Å². The van der Waals surface area contributed by atoms with E-state index >= 15 is 0 Å². The summed E-state index contributed by atoms with van der Waals surface area (Å²) in [6.45, 7) is 2.10. The third-order valence-corrected chi connectivity index (χ3v) is 4.31. The first-order chi connectivity index (χ1) is 14.5. The van der Waals surface area contributed by atoms with Crippen molar-refractivity contribution in [2.75, 3.05) is 0 Å². The Bertz CT molecular complexity index is 1140. The zero-order valence-electron chi connectivity index (χ0n) is 15.8. The topological polar surface area (TPSA) is 95.4 Å². The maximum atomic E-state index is 13.2. The number of rotatable bonds is 6. The minimum absolute atomic E-state index is 0.0873. The Morgan fingerprint density at radius 2 is 1.73 bits per heavy atom. The lowest BCUT2D eigenvalue weighted by Crippen LogP contribution is -2.06. The van der Waals surface area contributed by atoms with Crippen LogP contribution in [0.5, 0.6) is 0 Å². The molecule has 0 atom stereocenters. The Hall–Kier alpha value is -3.63. The van der Waals surface area contributed by atoms with Crippen LogP contribution >= 0.6 is 0 Å². The quantitative estimate of drug-likeness (QED) is 0.467. The Morgan fingerprint density at radius 1 is 1.00 bits per heavy atom. The molecule has 1 aromatic carbocycles. The molecule has 8 nitrogen and oxygen atoms in total. The first-order valence-corrected chi connectivity index (χ1v) is 9.20. The normalized spacial score (nSPS) is 11.7. The molecular formula is C19H16F3N7O. The molecule has 0 unspecified atom stereocenters. The molecule has 11 heteroatoms. The van der Waals surface area contributed by atoms with Crippen molar-refractivity contribution in [3.05, 3.63) is 54.1 Å². The maximum absolute atomic E-state index is 13.2. The summed E-state index contributed by atoms with van der Waals surface area (Å²) in [6.07, 6.45) is 3.15. The van der Waals surface area contributed by atoms with E-state index in [9.17, 15) is 13.2 Å². The Labute approximate surface area is 168 Å². The molecule has 0 N–H and O–H groups in total. The van der Waals surface area contributed by atoms with Gasteiger partial charge in [-0.1, -0.05) is 30.7 Å². The maximum Gasteiger partial charge on any atom is 0.417 e. The average Bonchev–Trinajstić information content (AvgIpc) is 3.42. The van der Waals surface area contributed by atoms with Crippen molar-refractivity contribution in [2.24, 2.45) is 0 Å². The lowest BCUT2D eigenvalue weighted by molar-refractivity contribution is -0.137. The summed E-state index contributed by atoms with van der Waals surface area (Å²) in [7, 11) is 0. The zero-order chi connectivity index (χ0) is 21.1.